The van der Waals surface area contributed by atoms with E-state index in [1.165, 1.54) is 34.6 Å². The van der Waals surface area contributed by atoms with Crippen molar-refractivity contribution in [1.29, 1.82) is 0 Å². The number of hydrogen-bond donors (Lipinski definition) is 4. The van der Waals surface area contributed by atoms with Gasteiger partial charge in [0.15, 0.2) is 11.0 Å². The summed E-state index contributed by atoms with van der Waals surface area (Å²) in [4.78, 5) is 26.1. The van der Waals surface area contributed by atoms with Gasteiger partial charge in [-0.25, -0.2) is 29.9 Å². The Kier molecular flexibility index (Phi) is 10.3. The molecule has 0 radical (unpaired) electrons. The van der Waals surface area contributed by atoms with Crippen LogP contribution in [0.2, 0.25) is 5.15 Å². The van der Waals surface area contributed by atoms with E-state index in [-0.39, 0.29) is 5.75 Å². The van der Waals surface area contributed by atoms with E-state index in [0.29, 0.717) is 23.0 Å². The molecular formula is C26H25ClN8O2S2. The number of nitrogens with two attached hydrogens (primary N) is 1. The van der Waals surface area contributed by atoms with Gasteiger partial charge in [0.05, 0.1) is 11.0 Å². The smallest absolute Gasteiger partial charge is 0.159 e. The number of fused-ring (bicyclic) bond motifs is 2. The van der Waals surface area contributed by atoms with Gasteiger partial charge in [0.1, 0.15) is 44.8 Å². The summed E-state index contributed by atoms with van der Waals surface area (Å²) in [6.07, 6.45) is 4.71. The quantitative estimate of drug-likeness (QED) is 0.196. The predicted molar refractivity (Wildman–Crippen MR) is 157 cm³/mol. The number of phenols is 2. The number of aromatic hydroxyl groups is 2. The maximum Gasteiger partial charge on any atom is 0.159 e. The fourth-order valence-corrected chi connectivity index (χ4v) is 4.80. The zero-order valence-corrected chi connectivity index (χ0v) is 23.0. The normalized spacial score (nSPS) is 10.4. The second-order valence-electron chi connectivity index (χ2n) is 7.95. The summed E-state index contributed by atoms with van der Waals surface area (Å²) in [5, 5.41) is 21.8. The predicted octanol–water partition coefficient (Wildman–Crippen LogP) is 5.08. The van der Waals surface area contributed by atoms with Gasteiger partial charge in [0, 0.05) is 6.54 Å². The molecular weight excluding hydrogens is 556 g/mol. The summed E-state index contributed by atoms with van der Waals surface area (Å²) >= 11 is 8.65. The minimum Gasteiger partial charge on any atom is -0.508 e. The van der Waals surface area contributed by atoms with Crippen molar-refractivity contribution in [3.63, 3.8) is 0 Å². The van der Waals surface area contributed by atoms with Gasteiger partial charge in [-0.05, 0) is 54.8 Å². The Hall–Kier alpha value is -3.97. The van der Waals surface area contributed by atoms with Gasteiger partial charge >= 0.3 is 0 Å². The van der Waals surface area contributed by atoms with Crippen molar-refractivity contribution < 1.29 is 10.2 Å². The second kappa shape index (κ2) is 14.3. The lowest BCUT2D eigenvalue weighted by molar-refractivity contribution is 0.474. The lowest BCUT2D eigenvalue weighted by Gasteiger charge is -2.05. The summed E-state index contributed by atoms with van der Waals surface area (Å²) < 4.78 is 0. The van der Waals surface area contributed by atoms with Gasteiger partial charge in [0.25, 0.3) is 0 Å². The standard InChI is InChI=1S/C13H12N4OS.C8H11NO.C5H2ClN3S/c18-10-3-1-9(2-4-10)5-6-14-12-11-13(16-7-15-12)19-8-17-11;9-6-5-7-1-3-8(10)4-2-7;6-4-3-5(8-1-7-4)10-2-9-3/h1-4,7-8,18H,5-6H2,(H,14,15,16);1-4,10H,5-6,9H2;1-2H. The first-order valence-corrected chi connectivity index (χ1v) is 13.9. The molecule has 0 aliphatic heterocycles. The average molecular weight is 581 g/mol. The largest absolute Gasteiger partial charge is 0.508 e. The number of nitrogens with zero attached hydrogens (tertiary/aromatic N) is 6. The van der Waals surface area contributed by atoms with Crippen molar-refractivity contribution in [1.82, 2.24) is 29.9 Å². The number of hydrogen-bond acceptors (Lipinski definition) is 12. The topological polar surface area (TPSA) is 156 Å². The molecule has 6 rings (SSSR count). The molecule has 10 nitrogen and oxygen atoms in total. The van der Waals surface area contributed by atoms with Crippen molar-refractivity contribution in [2.75, 3.05) is 18.4 Å². The number of thiazole rings is 2. The summed E-state index contributed by atoms with van der Waals surface area (Å²) in [7, 11) is 0. The third kappa shape index (κ3) is 8.26. The Bertz CT molecular complexity index is 1590. The molecule has 0 aliphatic rings. The van der Waals surface area contributed by atoms with Gasteiger partial charge in [0.2, 0.25) is 0 Å². The van der Waals surface area contributed by atoms with Crippen LogP contribution in [0.5, 0.6) is 11.5 Å². The van der Waals surface area contributed by atoms with Gasteiger partial charge in [-0.1, -0.05) is 35.9 Å². The molecule has 0 bridgehead atoms. The number of halogens is 1. The molecule has 4 aromatic heterocycles. The zero-order chi connectivity index (χ0) is 27.5. The first-order valence-electron chi connectivity index (χ1n) is 11.8. The molecule has 0 aliphatic carbocycles. The minimum atomic E-state index is 0.289. The molecule has 2 aromatic carbocycles. The highest BCUT2D eigenvalue weighted by molar-refractivity contribution is 7.16. The van der Waals surface area contributed by atoms with Crippen LogP contribution in [0.15, 0.2) is 72.2 Å². The van der Waals surface area contributed by atoms with E-state index < -0.39 is 0 Å². The number of phenolic OH excluding ortho intramolecular Hbond substituents is 2. The lowest BCUT2D eigenvalue weighted by Crippen LogP contribution is -2.06. The van der Waals surface area contributed by atoms with E-state index in [1.807, 2.05) is 24.3 Å². The maximum absolute atomic E-state index is 9.22. The van der Waals surface area contributed by atoms with E-state index in [4.69, 9.17) is 22.4 Å². The van der Waals surface area contributed by atoms with Crippen molar-refractivity contribution >= 4 is 60.8 Å². The van der Waals surface area contributed by atoms with Crippen LogP contribution >= 0.6 is 34.3 Å². The highest BCUT2D eigenvalue weighted by Gasteiger charge is 2.05. The fraction of sp³-hybridized carbons (Fsp3) is 0.154. The van der Waals surface area contributed by atoms with Crippen molar-refractivity contribution in [2.24, 2.45) is 5.73 Å². The lowest BCUT2D eigenvalue weighted by atomic mass is 10.1. The van der Waals surface area contributed by atoms with Crippen LogP contribution in [0.25, 0.3) is 20.7 Å². The molecule has 13 heteroatoms. The molecule has 4 heterocycles. The van der Waals surface area contributed by atoms with Crippen LogP contribution in [0.3, 0.4) is 0 Å². The molecule has 0 fully saturated rings. The third-order valence-corrected chi connectivity index (χ3v) is 6.98. The van der Waals surface area contributed by atoms with Crippen LogP contribution in [0.4, 0.5) is 5.82 Å². The number of anilines is 1. The summed E-state index contributed by atoms with van der Waals surface area (Å²) in [6.45, 7) is 1.42. The number of rotatable bonds is 6. The van der Waals surface area contributed by atoms with Crippen LogP contribution in [-0.4, -0.2) is 53.2 Å². The van der Waals surface area contributed by atoms with Gasteiger partial charge in [-0.15, -0.1) is 22.7 Å². The van der Waals surface area contributed by atoms with Crippen LogP contribution in [-0.2, 0) is 12.8 Å². The van der Waals surface area contributed by atoms with E-state index in [0.717, 1.165) is 45.9 Å². The molecule has 6 aromatic rings. The fourth-order valence-electron chi connectivity index (χ4n) is 3.31. The Morgan fingerprint density at radius 3 is 1.82 bits per heavy atom. The molecule has 5 N–H and O–H groups in total. The van der Waals surface area contributed by atoms with E-state index in [1.54, 1.807) is 41.6 Å². The molecule has 0 spiro atoms. The zero-order valence-electron chi connectivity index (χ0n) is 20.6. The van der Waals surface area contributed by atoms with Crippen molar-refractivity contribution in [3.05, 3.63) is 88.5 Å². The Labute approximate surface area is 237 Å². The molecule has 200 valence electrons. The Balaban J connectivity index is 0.000000149. The molecule has 0 saturated heterocycles. The molecule has 0 atom stereocenters. The van der Waals surface area contributed by atoms with Crippen LogP contribution < -0.4 is 11.1 Å². The Morgan fingerprint density at radius 2 is 1.23 bits per heavy atom. The first-order chi connectivity index (χ1) is 19.0. The molecule has 39 heavy (non-hydrogen) atoms. The molecule has 0 unspecified atom stereocenters. The van der Waals surface area contributed by atoms with Gasteiger partial charge in [-0.2, -0.15) is 0 Å². The van der Waals surface area contributed by atoms with Gasteiger partial charge in [-0.3, -0.25) is 0 Å². The highest BCUT2D eigenvalue weighted by Crippen LogP contribution is 2.21. The SMILES string of the molecule is Clc1ncnc2scnc12.NCCc1ccc(O)cc1.Oc1ccc(CCNc2ncnc3scnc23)cc1. The highest BCUT2D eigenvalue weighted by atomic mass is 35.5. The number of benzene rings is 2. The van der Waals surface area contributed by atoms with Crippen molar-refractivity contribution in [2.45, 2.75) is 12.8 Å². The summed E-state index contributed by atoms with van der Waals surface area (Å²) in [6, 6.07) is 14.3. The average Bonchev–Trinajstić information content (AvgIpc) is 3.63. The number of nitrogens with one attached hydrogen (secondary N) is 1. The van der Waals surface area contributed by atoms with E-state index in [9.17, 15) is 5.11 Å². The number of aromatic nitrogens is 6. The van der Waals surface area contributed by atoms with Crippen LogP contribution in [0.1, 0.15) is 11.1 Å². The summed E-state index contributed by atoms with van der Waals surface area (Å²) in [5.41, 5.74) is 12.6. The van der Waals surface area contributed by atoms with Crippen molar-refractivity contribution in [3.8, 4) is 11.5 Å². The second-order valence-corrected chi connectivity index (χ2v) is 9.97. The van der Waals surface area contributed by atoms with E-state index >= 15 is 0 Å². The van der Waals surface area contributed by atoms with Gasteiger partial charge < -0.3 is 21.3 Å². The third-order valence-electron chi connectivity index (χ3n) is 5.24. The molecule has 0 saturated carbocycles. The monoisotopic (exact) mass is 580 g/mol. The van der Waals surface area contributed by atoms with E-state index in [2.05, 4.69) is 35.2 Å². The molecule has 0 amide bonds. The first kappa shape index (κ1) is 28.0. The summed E-state index contributed by atoms with van der Waals surface area (Å²) in [5.74, 6) is 1.36. The minimum absolute atomic E-state index is 0.289. The maximum atomic E-state index is 9.22. The van der Waals surface area contributed by atoms with Crippen LogP contribution in [0, 0.1) is 0 Å². The Morgan fingerprint density at radius 1 is 0.692 bits per heavy atom.